The van der Waals surface area contributed by atoms with Crippen LogP contribution in [0.15, 0.2) is 72.9 Å². The first-order valence-electron chi connectivity index (χ1n) is 29.4. The van der Waals surface area contributed by atoms with Crippen LogP contribution in [-0.4, -0.2) is 37.2 Å². The van der Waals surface area contributed by atoms with E-state index in [4.69, 9.17) is 14.2 Å². The smallest absolute Gasteiger partial charge is 0.306 e. The SMILES string of the molecule is CC/C=C\C/C=C\C/C=C\C/C=C\C/C=C\C/C=C\CCCCCCCCCCCCCCC(=O)OCC(COC(=O)CCCCCCCCC)OC(=O)CCCCCCCCCCCCCCC. The van der Waals surface area contributed by atoms with E-state index in [2.05, 4.69) is 93.7 Å². The average molecular weight is 964 g/mol. The molecule has 0 rings (SSSR count). The number of rotatable bonds is 53. The summed E-state index contributed by atoms with van der Waals surface area (Å²) in [4.78, 5) is 37.9. The zero-order valence-corrected chi connectivity index (χ0v) is 45.6. The molecule has 1 atom stereocenters. The minimum absolute atomic E-state index is 0.0714. The summed E-state index contributed by atoms with van der Waals surface area (Å²) >= 11 is 0. The second-order valence-electron chi connectivity index (χ2n) is 19.5. The molecule has 0 aromatic heterocycles. The molecular weight excluding hydrogens is 853 g/mol. The van der Waals surface area contributed by atoms with Crippen LogP contribution < -0.4 is 0 Å². The summed E-state index contributed by atoms with van der Waals surface area (Å²) in [5.41, 5.74) is 0. The Morgan fingerprint density at radius 2 is 0.565 bits per heavy atom. The van der Waals surface area contributed by atoms with Gasteiger partial charge < -0.3 is 14.2 Å². The minimum Gasteiger partial charge on any atom is -0.462 e. The summed E-state index contributed by atoms with van der Waals surface area (Å²) in [6.45, 7) is 6.50. The third-order valence-electron chi connectivity index (χ3n) is 12.7. The Morgan fingerprint density at radius 3 is 0.884 bits per heavy atom. The van der Waals surface area contributed by atoms with Gasteiger partial charge in [-0.05, 0) is 70.6 Å². The van der Waals surface area contributed by atoms with Gasteiger partial charge in [-0.1, -0.05) is 273 Å². The molecule has 0 aromatic rings. The van der Waals surface area contributed by atoms with Crippen molar-refractivity contribution in [2.24, 2.45) is 0 Å². The quantitative estimate of drug-likeness (QED) is 0.0262. The Balaban J connectivity index is 4.05. The van der Waals surface area contributed by atoms with E-state index < -0.39 is 6.10 Å². The number of unbranched alkanes of at least 4 members (excludes halogenated alkanes) is 30. The maximum Gasteiger partial charge on any atom is 0.306 e. The number of allylic oxidation sites excluding steroid dienone is 12. The summed E-state index contributed by atoms with van der Waals surface area (Å²) in [6.07, 6.45) is 73.5. The third kappa shape index (κ3) is 55.6. The van der Waals surface area contributed by atoms with Crippen molar-refractivity contribution in [2.75, 3.05) is 13.2 Å². The van der Waals surface area contributed by atoms with Crippen molar-refractivity contribution in [1.82, 2.24) is 0 Å². The number of hydrogen-bond donors (Lipinski definition) is 0. The molecular formula is C63H110O6. The van der Waals surface area contributed by atoms with Gasteiger partial charge in [-0.3, -0.25) is 14.4 Å². The standard InChI is InChI=1S/C63H110O6/c1-4-7-10-13-16-18-20-22-23-24-25-26-27-28-29-30-31-32-33-34-35-36-37-38-39-41-42-44-47-50-53-56-62(65)68-59-60(58-67-61(64)55-52-49-46-15-12-9-6-3)69-63(66)57-54-51-48-45-43-40-21-19-17-14-11-8-5-2/h7,10,16,18,22-23,25-26,28-29,31-32,60H,4-6,8-9,11-15,17,19-21,24,27,30,33-59H2,1-3H3/b10-7-,18-16-,23-22-,26-25-,29-28-,32-31-. The van der Waals surface area contributed by atoms with Gasteiger partial charge in [0.2, 0.25) is 0 Å². The van der Waals surface area contributed by atoms with E-state index in [1.165, 1.54) is 154 Å². The van der Waals surface area contributed by atoms with Gasteiger partial charge in [0.15, 0.2) is 6.10 Å². The van der Waals surface area contributed by atoms with Gasteiger partial charge >= 0.3 is 17.9 Å². The molecule has 0 bridgehead atoms. The Bertz CT molecular complexity index is 1290. The number of ether oxygens (including phenoxy) is 3. The van der Waals surface area contributed by atoms with Crippen molar-refractivity contribution in [2.45, 2.75) is 297 Å². The van der Waals surface area contributed by atoms with Gasteiger partial charge in [0.25, 0.3) is 0 Å². The second kappa shape index (κ2) is 57.4. The topological polar surface area (TPSA) is 78.9 Å². The number of carbonyl (C=O) groups is 3. The van der Waals surface area contributed by atoms with E-state index in [1.807, 2.05) is 0 Å². The van der Waals surface area contributed by atoms with Crippen LogP contribution in [0.1, 0.15) is 290 Å². The van der Waals surface area contributed by atoms with Crippen LogP contribution in [0.4, 0.5) is 0 Å². The van der Waals surface area contributed by atoms with E-state index in [0.29, 0.717) is 19.3 Å². The lowest BCUT2D eigenvalue weighted by molar-refractivity contribution is -0.167. The normalized spacial score (nSPS) is 12.6. The van der Waals surface area contributed by atoms with Crippen LogP contribution >= 0.6 is 0 Å². The van der Waals surface area contributed by atoms with Crippen molar-refractivity contribution in [3.05, 3.63) is 72.9 Å². The first-order chi connectivity index (χ1) is 34.0. The Kier molecular flexibility index (Phi) is 54.8. The van der Waals surface area contributed by atoms with Crippen LogP contribution in [-0.2, 0) is 28.6 Å². The molecule has 0 aliphatic heterocycles. The summed E-state index contributed by atoms with van der Waals surface area (Å²) in [6, 6.07) is 0. The molecule has 0 fully saturated rings. The van der Waals surface area contributed by atoms with Crippen LogP contribution in [0.2, 0.25) is 0 Å². The molecule has 0 aromatic carbocycles. The Labute approximate surface area is 427 Å². The fourth-order valence-corrected chi connectivity index (χ4v) is 8.33. The van der Waals surface area contributed by atoms with Crippen LogP contribution in [0.3, 0.4) is 0 Å². The van der Waals surface area contributed by atoms with Crippen LogP contribution in [0, 0.1) is 0 Å². The minimum atomic E-state index is -0.769. The lowest BCUT2D eigenvalue weighted by Crippen LogP contribution is -2.30. The zero-order chi connectivity index (χ0) is 50.0. The molecule has 1 unspecified atom stereocenters. The van der Waals surface area contributed by atoms with Gasteiger partial charge in [-0.25, -0.2) is 0 Å². The molecule has 398 valence electrons. The summed E-state index contributed by atoms with van der Waals surface area (Å²) in [5, 5.41) is 0. The van der Waals surface area contributed by atoms with Crippen molar-refractivity contribution in [1.29, 1.82) is 0 Å². The molecule has 0 saturated carbocycles. The number of carbonyl (C=O) groups excluding carboxylic acids is 3. The number of hydrogen-bond acceptors (Lipinski definition) is 6. The van der Waals surface area contributed by atoms with E-state index in [1.54, 1.807) is 0 Å². The lowest BCUT2D eigenvalue weighted by Gasteiger charge is -2.18. The molecule has 0 aliphatic carbocycles. The van der Waals surface area contributed by atoms with E-state index in [9.17, 15) is 14.4 Å². The van der Waals surface area contributed by atoms with Gasteiger partial charge in [0, 0.05) is 19.3 Å². The molecule has 6 nitrogen and oxygen atoms in total. The first-order valence-corrected chi connectivity index (χ1v) is 29.4. The van der Waals surface area contributed by atoms with Crippen molar-refractivity contribution >= 4 is 17.9 Å². The highest BCUT2D eigenvalue weighted by Crippen LogP contribution is 2.16. The van der Waals surface area contributed by atoms with Gasteiger partial charge in [-0.15, -0.1) is 0 Å². The predicted octanol–water partition coefficient (Wildman–Crippen LogP) is 19.8. The van der Waals surface area contributed by atoms with E-state index in [-0.39, 0.29) is 31.1 Å². The molecule has 0 aliphatic rings. The van der Waals surface area contributed by atoms with Crippen molar-refractivity contribution in [3.8, 4) is 0 Å². The summed E-state index contributed by atoms with van der Waals surface area (Å²) in [7, 11) is 0. The predicted molar refractivity (Wildman–Crippen MR) is 298 cm³/mol. The lowest BCUT2D eigenvalue weighted by atomic mass is 10.0. The monoisotopic (exact) mass is 963 g/mol. The van der Waals surface area contributed by atoms with Gasteiger partial charge in [0.1, 0.15) is 13.2 Å². The van der Waals surface area contributed by atoms with Gasteiger partial charge in [-0.2, -0.15) is 0 Å². The molecule has 0 heterocycles. The van der Waals surface area contributed by atoms with E-state index >= 15 is 0 Å². The van der Waals surface area contributed by atoms with E-state index in [0.717, 1.165) is 96.3 Å². The van der Waals surface area contributed by atoms with Crippen molar-refractivity contribution in [3.63, 3.8) is 0 Å². The summed E-state index contributed by atoms with van der Waals surface area (Å²) < 4.78 is 16.8. The fraction of sp³-hybridized carbons (Fsp3) is 0.762. The highest BCUT2D eigenvalue weighted by Gasteiger charge is 2.19. The molecule has 0 saturated heterocycles. The summed E-state index contributed by atoms with van der Waals surface area (Å²) in [5.74, 6) is -0.870. The zero-order valence-electron chi connectivity index (χ0n) is 45.6. The third-order valence-corrected chi connectivity index (χ3v) is 12.7. The highest BCUT2D eigenvalue weighted by molar-refractivity contribution is 5.71. The maximum atomic E-state index is 12.8. The average Bonchev–Trinajstić information content (AvgIpc) is 3.35. The molecule has 6 heteroatoms. The fourth-order valence-electron chi connectivity index (χ4n) is 8.33. The molecule has 69 heavy (non-hydrogen) atoms. The molecule has 0 radical (unpaired) electrons. The maximum absolute atomic E-state index is 12.8. The first kappa shape index (κ1) is 65.8. The molecule has 0 spiro atoms. The van der Waals surface area contributed by atoms with Crippen LogP contribution in [0.5, 0.6) is 0 Å². The Hall–Kier alpha value is -3.15. The number of esters is 3. The van der Waals surface area contributed by atoms with Crippen molar-refractivity contribution < 1.29 is 28.6 Å². The Morgan fingerprint density at radius 1 is 0.304 bits per heavy atom. The molecule has 0 amide bonds. The van der Waals surface area contributed by atoms with Gasteiger partial charge in [0.05, 0.1) is 0 Å². The second-order valence-corrected chi connectivity index (χ2v) is 19.5. The largest absolute Gasteiger partial charge is 0.462 e. The molecule has 0 N–H and O–H groups in total. The highest BCUT2D eigenvalue weighted by atomic mass is 16.6. The van der Waals surface area contributed by atoms with Crippen LogP contribution in [0.25, 0.3) is 0 Å².